The molecule has 0 aliphatic heterocycles. The fourth-order valence-electron chi connectivity index (χ4n) is 4.34. The average molecular weight is 469 g/mol. The lowest BCUT2D eigenvalue weighted by atomic mass is 10.1. The van der Waals surface area contributed by atoms with E-state index >= 15 is 0 Å². The lowest BCUT2D eigenvalue weighted by Gasteiger charge is -2.10. The first-order valence-corrected chi connectivity index (χ1v) is 12.1. The Hall–Kier alpha value is -3.25. The molecule has 33 heavy (non-hydrogen) atoms. The van der Waals surface area contributed by atoms with Gasteiger partial charge in [-0.05, 0) is 66.7 Å². The quantitative estimate of drug-likeness (QED) is 0.296. The summed E-state index contributed by atoms with van der Waals surface area (Å²) in [5.74, 6) is 0. The molecule has 0 spiro atoms. The normalized spacial score (nSPS) is 11.7. The fourth-order valence-corrected chi connectivity index (χ4v) is 5.75. The summed E-state index contributed by atoms with van der Waals surface area (Å²) in [6, 6.07) is 23.4. The first-order chi connectivity index (χ1) is 16.2. The molecule has 2 N–H and O–H groups in total. The number of halogens is 1. The summed E-state index contributed by atoms with van der Waals surface area (Å²) in [6.45, 7) is 0.706. The van der Waals surface area contributed by atoms with Crippen molar-refractivity contribution in [3.05, 3.63) is 89.8 Å². The Kier molecular flexibility index (Phi) is 5.10. The van der Waals surface area contributed by atoms with Gasteiger partial charge in [-0.3, -0.25) is 9.55 Å². The molecular formula is C27H21ClN4S. The number of hydrogen-bond donors (Lipinski definition) is 1. The molecule has 6 rings (SSSR count). The van der Waals surface area contributed by atoms with Gasteiger partial charge in [-0.25, -0.2) is 4.98 Å². The predicted molar refractivity (Wildman–Crippen MR) is 140 cm³/mol. The molecular weight excluding hydrogens is 448 g/mol. The first-order valence-electron chi connectivity index (χ1n) is 10.9. The number of nitrogens with zero attached hydrogens (tertiary/aromatic N) is 3. The van der Waals surface area contributed by atoms with Crippen molar-refractivity contribution in [1.29, 1.82) is 0 Å². The van der Waals surface area contributed by atoms with Crippen molar-refractivity contribution in [2.24, 2.45) is 5.73 Å². The van der Waals surface area contributed by atoms with Crippen LogP contribution in [-0.2, 0) is 6.42 Å². The van der Waals surface area contributed by atoms with Gasteiger partial charge < -0.3 is 5.73 Å². The van der Waals surface area contributed by atoms with Crippen LogP contribution in [0.5, 0.6) is 0 Å². The zero-order valence-corrected chi connectivity index (χ0v) is 19.4. The van der Waals surface area contributed by atoms with Crippen molar-refractivity contribution in [2.45, 2.75) is 12.8 Å². The molecule has 0 fully saturated rings. The van der Waals surface area contributed by atoms with Crippen LogP contribution < -0.4 is 5.73 Å². The second kappa shape index (κ2) is 8.27. The maximum Gasteiger partial charge on any atom is 0.108 e. The summed E-state index contributed by atoms with van der Waals surface area (Å²) < 4.78 is 3.38. The Labute approximate surface area is 200 Å². The Morgan fingerprint density at radius 1 is 0.939 bits per heavy atom. The van der Waals surface area contributed by atoms with Crippen molar-refractivity contribution in [2.75, 3.05) is 6.54 Å². The zero-order valence-electron chi connectivity index (χ0n) is 17.8. The molecule has 0 saturated carbocycles. The third-order valence-corrected chi connectivity index (χ3v) is 7.50. The number of nitrogens with two attached hydrogens (primary N) is 1. The Bertz CT molecular complexity index is 1580. The molecule has 0 radical (unpaired) electrons. The summed E-state index contributed by atoms with van der Waals surface area (Å²) >= 11 is 8.49. The van der Waals surface area contributed by atoms with Gasteiger partial charge in [0.15, 0.2) is 0 Å². The van der Waals surface area contributed by atoms with Crippen molar-refractivity contribution in [1.82, 2.24) is 14.5 Å². The molecule has 3 aromatic heterocycles. The van der Waals surface area contributed by atoms with E-state index in [4.69, 9.17) is 17.3 Å². The molecule has 0 amide bonds. The Morgan fingerprint density at radius 3 is 2.61 bits per heavy atom. The van der Waals surface area contributed by atoms with Gasteiger partial charge >= 0.3 is 0 Å². The second-order valence-corrected chi connectivity index (χ2v) is 9.65. The number of imidazole rings is 1. The molecule has 0 atom stereocenters. The van der Waals surface area contributed by atoms with Crippen LogP contribution in [0.2, 0.25) is 5.02 Å². The highest BCUT2D eigenvalue weighted by Crippen LogP contribution is 2.40. The number of thiophene rings is 1. The van der Waals surface area contributed by atoms with E-state index in [2.05, 4.69) is 75.2 Å². The molecule has 162 valence electrons. The predicted octanol–water partition coefficient (Wildman–Crippen LogP) is 7.00. The number of pyridine rings is 1. The van der Waals surface area contributed by atoms with Gasteiger partial charge in [0.25, 0.3) is 0 Å². The Morgan fingerprint density at radius 2 is 1.79 bits per heavy atom. The Balaban J connectivity index is 1.53. The smallest absolute Gasteiger partial charge is 0.108 e. The molecule has 6 aromatic rings. The molecule has 4 nitrogen and oxygen atoms in total. The molecule has 3 heterocycles. The topological polar surface area (TPSA) is 56.7 Å². The van der Waals surface area contributed by atoms with E-state index in [-0.39, 0.29) is 0 Å². The molecule has 3 aromatic carbocycles. The highest BCUT2D eigenvalue weighted by Gasteiger charge is 2.15. The van der Waals surface area contributed by atoms with Crippen molar-refractivity contribution < 1.29 is 0 Å². The van der Waals surface area contributed by atoms with Gasteiger partial charge in [0.1, 0.15) is 11.8 Å². The third-order valence-electron chi connectivity index (χ3n) is 6.04. The number of aryl methyl sites for hydroxylation is 1. The minimum absolute atomic E-state index is 0.705. The van der Waals surface area contributed by atoms with E-state index in [0.29, 0.717) is 11.6 Å². The number of hydrogen-bond acceptors (Lipinski definition) is 4. The lowest BCUT2D eigenvalue weighted by Crippen LogP contribution is -2.00. The minimum Gasteiger partial charge on any atom is -0.330 e. The zero-order chi connectivity index (χ0) is 22.4. The molecule has 0 saturated heterocycles. The maximum atomic E-state index is 6.74. The van der Waals surface area contributed by atoms with Gasteiger partial charge in [-0.1, -0.05) is 41.9 Å². The van der Waals surface area contributed by atoms with Crippen LogP contribution in [0.15, 0.2) is 79.3 Å². The van der Waals surface area contributed by atoms with E-state index in [1.807, 2.05) is 18.6 Å². The van der Waals surface area contributed by atoms with Gasteiger partial charge in [0, 0.05) is 26.2 Å². The maximum absolute atomic E-state index is 6.74. The summed E-state index contributed by atoms with van der Waals surface area (Å²) in [6.07, 6.45) is 5.67. The standard InChI is InChI=1S/C27H21ClN4S/c28-22-14-23-21(13-20(22)26-12-18-5-1-2-6-25(18)33-26)27-24(15-30-23)31-16-32(27)19-9-7-17(8-10-19)4-3-11-29/h1-2,5-10,12-16H,3-4,11,29H2. The minimum atomic E-state index is 0.705. The van der Waals surface area contributed by atoms with Crippen LogP contribution in [0.1, 0.15) is 12.0 Å². The van der Waals surface area contributed by atoms with Crippen LogP contribution in [0, 0.1) is 0 Å². The highest BCUT2D eigenvalue weighted by atomic mass is 35.5. The van der Waals surface area contributed by atoms with Gasteiger partial charge in [0.2, 0.25) is 0 Å². The average Bonchev–Trinajstić information content (AvgIpc) is 3.47. The van der Waals surface area contributed by atoms with E-state index in [9.17, 15) is 0 Å². The fraction of sp³-hybridized carbons (Fsp3) is 0.111. The van der Waals surface area contributed by atoms with Crippen molar-refractivity contribution in [3.63, 3.8) is 0 Å². The molecule has 0 aliphatic carbocycles. The molecule has 0 bridgehead atoms. The molecule has 0 unspecified atom stereocenters. The van der Waals surface area contributed by atoms with Crippen LogP contribution >= 0.6 is 22.9 Å². The molecule has 0 aliphatic rings. The van der Waals surface area contributed by atoms with Gasteiger partial charge in [-0.2, -0.15) is 0 Å². The van der Waals surface area contributed by atoms with Crippen LogP contribution in [0.4, 0.5) is 0 Å². The van der Waals surface area contributed by atoms with Crippen LogP contribution in [0.25, 0.3) is 48.2 Å². The monoisotopic (exact) mass is 468 g/mol. The van der Waals surface area contributed by atoms with E-state index in [1.54, 1.807) is 11.3 Å². The lowest BCUT2D eigenvalue weighted by molar-refractivity contribution is 0.832. The SMILES string of the molecule is NCCCc1ccc(-n2cnc3cnc4cc(Cl)c(-c5cc6ccccc6s5)cc4c32)cc1. The van der Waals surface area contributed by atoms with Crippen LogP contribution in [-0.4, -0.2) is 21.1 Å². The van der Waals surface area contributed by atoms with Crippen molar-refractivity contribution in [3.8, 4) is 16.1 Å². The molecule has 6 heteroatoms. The summed E-state index contributed by atoms with van der Waals surface area (Å²) in [7, 11) is 0. The largest absolute Gasteiger partial charge is 0.330 e. The van der Waals surface area contributed by atoms with E-state index in [0.717, 1.165) is 50.9 Å². The van der Waals surface area contributed by atoms with Crippen molar-refractivity contribution >= 4 is 55.0 Å². The van der Waals surface area contributed by atoms with Crippen LogP contribution in [0.3, 0.4) is 0 Å². The summed E-state index contributed by atoms with van der Waals surface area (Å²) in [4.78, 5) is 10.4. The van der Waals surface area contributed by atoms with Gasteiger partial charge in [0.05, 0.1) is 22.3 Å². The number of aromatic nitrogens is 3. The van der Waals surface area contributed by atoms with E-state index < -0.39 is 0 Å². The third kappa shape index (κ3) is 3.59. The summed E-state index contributed by atoms with van der Waals surface area (Å²) in [5.41, 5.74) is 11.8. The second-order valence-electron chi connectivity index (χ2n) is 8.16. The number of benzene rings is 3. The summed E-state index contributed by atoms with van der Waals surface area (Å²) in [5, 5.41) is 2.97. The number of rotatable bonds is 5. The highest BCUT2D eigenvalue weighted by molar-refractivity contribution is 7.22. The van der Waals surface area contributed by atoms with E-state index in [1.165, 1.54) is 15.6 Å². The first kappa shape index (κ1) is 20.4. The number of fused-ring (bicyclic) bond motifs is 4. The van der Waals surface area contributed by atoms with Gasteiger partial charge in [-0.15, -0.1) is 11.3 Å².